The van der Waals surface area contributed by atoms with Crippen molar-refractivity contribution >= 4 is 5.95 Å². The van der Waals surface area contributed by atoms with Gasteiger partial charge in [-0.3, -0.25) is 4.79 Å². The van der Waals surface area contributed by atoms with Crippen LogP contribution in [0.4, 0.5) is 5.95 Å². The maximum Gasteiger partial charge on any atom is 0.274 e. The maximum atomic E-state index is 12.0. The molecule has 0 fully saturated rings. The Hall–Kier alpha value is -2.92. The third-order valence-corrected chi connectivity index (χ3v) is 4.59. The Morgan fingerprint density at radius 1 is 1.00 bits per heavy atom. The van der Waals surface area contributed by atoms with E-state index in [1.54, 1.807) is 6.07 Å². The van der Waals surface area contributed by atoms with Gasteiger partial charge >= 0.3 is 0 Å². The number of benzene rings is 2. The van der Waals surface area contributed by atoms with Gasteiger partial charge in [-0.25, -0.2) is 0 Å². The lowest BCUT2D eigenvalue weighted by atomic mass is 10.1. The molecule has 0 aliphatic heterocycles. The molecule has 5 nitrogen and oxygen atoms in total. The van der Waals surface area contributed by atoms with Crippen LogP contribution < -0.4 is 10.9 Å². The SMILES string of the molecule is CN(C)[C@H](CNc1nc(=O)cc(Cc2ccccc2)[nH]1)Cc1ccccc1. The fourth-order valence-corrected chi connectivity index (χ4v) is 3.04. The van der Waals surface area contributed by atoms with Crippen LogP contribution in [-0.2, 0) is 12.8 Å². The summed E-state index contributed by atoms with van der Waals surface area (Å²) in [5.74, 6) is 0.522. The van der Waals surface area contributed by atoms with Crippen molar-refractivity contribution in [3.8, 4) is 0 Å². The summed E-state index contributed by atoms with van der Waals surface area (Å²) in [6.07, 6.45) is 1.60. The van der Waals surface area contributed by atoms with Crippen LogP contribution in [0.5, 0.6) is 0 Å². The van der Waals surface area contributed by atoms with E-state index in [0.717, 1.165) is 17.7 Å². The quantitative estimate of drug-likeness (QED) is 0.647. The standard InChI is InChI=1S/C22H26N4O/c1-26(2)20(14-18-11-7-4-8-12-18)16-23-22-24-19(15-21(27)25-22)13-17-9-5-3-6-10-17/h3-12,15,20H,13-14,16H2,1-2H3,(H2,23,24,25,27)/t20-/m0/s1. The first-order valence-electron chi connectivity index (χ1n) is 9.18. The average molecular weight is 362 g/mol. The molecule has 1 aromatic heterocycles. The molecule has 0 bridgehead atoms. The van der Waals surface area contributed by atoms with Gasteiger partial charge in [0.2, 0.25) is 5.95 Å². The minimum absolute atomic E-state index is 0.230. The molecule has 1 heterocycles. The van der Waals surface area contributed by atoms with Crippen molar-refractivity contribution in [1.29, 1.82) is 0 Å². The molecule has 0 saturated heterocycles. The molecule has 27 heavy (non-hydrogen) atoms. The number of H-pyrrole nitrogens is 1. The van der Waals surface area contributed by atoms with Gasteiger partial charge in [0.25, 0.3) is 5.56 Å². The van der Waals surface area contributed by atoms with Crippen LogP contribution in [0.15, 0.2) is 71.5 Å². The highest BCUT2D eigenvalue weighted by atomic mass is 16.1. The summed E-state index contributed by atoms with van der Waals surface area (Å²) in [5, 5.41) is 3.31. The minimum atomic E-state index is -0.230. The van der Waals surface area contributed by atoms with E-state index < -0.39 is 0 Å². The normalized spacial score (nSPS) is 12.1. The van der Waals surface area contributed by atoms with E-state index in [4.69, 9.17) is 0 Å². The molecule has 5 heteroatoms. The number of hydrogen-bond acceptors (Lipinski definition) is 4. The number of anilines is 1. The molecular weight excluding hydrogens is 336 g/mol. The van der Waals surface area contributed by atoms with Crippen LogP contribution >= 0.6 is 0 Å². The molecule has 0 aliphatic carbocycles. The molecule has 0 amide bonds. The third-order valence-electron chi connectivity index (χ3n) is 4.59. The Kier molecular flexibility index (Phi) is 6.39. The lowest BCUT2D eigenvalue weighted by Gasteiger charge is -2.25. The van der Waals surface area contributed by atoms with Crippen LogP contribution in [0.25, 0.3) is 0 Å². The second-order valence-electron chi connectivity index (χ2n) is 6.94. The zero-order chi connectivity index (χ0) is 19.1. The van der Waals surface area contributed by atoms with Gasteiger partial charge in [-0.05, 0) is 31.6 Å². The second kappa shape index (κ2) is 9.14. The molecule has 0 spiro atoms. The molecular formula is C22H26N4O. The molecule has 2 N–H and O–H groups in total. The number of aromatic amines is 1. The molecule has 140 valence electrons. The van der Waals surface area contributed by atoms with Gasteiger partial charge in [-0.2, -0.15) is 4.98 Å². The Labute approximate surface area is 160 Å². The van der Waals surface area contributed by atoms with Gasteiger partial charge in [0.05, 0.1) is 0 Å². The molecule has 0 aliphatic rings. The Morgan fingerprint density at radius 2 is 1.63 bits per heavy atom. The van der Waals surface area contributed by atoms with Crippen molar-refractivity contribution in [2.75, 3.05) is 26.0 Å². The molecule has 0 unspecified atom stereocenters. The van der Waals surface area contributed by atoms with E-state index in [0.29, 0.717) is 18.9 Å². The molecule has 3 aromatic rings. The minimum Gasteiger partial charge on any atom is -0.354 e. The zero-order valence-corrected chi connectivity index (χ0v) is 15.9. The van der Waals surface area contributed by atoms with Crippen molar-refractivity contribution in [3.63, 3.8) is 0 Å². The van der Waals surface area contributed by atoms with Crippen LogP contribution in [0.3, 0.4) is 0 Å². The van der Waals surface area contributed by atoms with Crippen molar-refractivity contribution in [2.24, 2.45) is 0 Å². The van der Waals surface area contributed by atoms with Gasteiger partial charge in [0.1, 0.15) is 0 Å². The lowest BCUT2D eigenvalue weighted by Crippen LogP contribution is -2.37. The van der Waals surface area contributed by atoms with Crippen LogP contribution in [-0.4, -0.2) is 41.5 Å². The monoisotopic (exact) mass is 362 g/mol. The summed E-state index contributed by atoms with van der Waals surface area (Å²) in [5.41, 5.74) is 3.07. The van der Waals surface area contributed by atoms with Crippen LogP contribution in [0.2, 0.25) is 0 Å². The summed E-state index contributed by atoms with van der Waals surface area (Å²) in [7, 11) is 4.13. The number of nitrogens with one attached hydrogen (secondary N) is 2. The predicted molar refractivity (Wildman–Crippen MR) is 110 cm³/mol. The maximum absolute atomic E-state index is 12.0. The Bertz CT molecular complexity index is 891. The molecule has 0 saturated carbocycles. The smallest absolute Gasteiger partial charge is 0.274 e. The first-order chi connectivity index (χ1) is 13.1. The van der Waals surface area contributed by atoms with Gasteiger partial charge < -0.3 is 15.2 Å². The highest BCUT2D eigenvalue weighted by molar-refractivity contribution is 5.29. The van der Waals surface area contributed by atoms with E-state index in [1.165, 1.54) is 5.56 Å². The van der Waals surface area contributed by atoms with Crippen LogP contribution in [0.1, 0.15) is 16.8 Å². The number of likely N-dealkylation sites (N-methyl/N-ethyl adjacent to an activating group) is 1. The van der Waals surface area contributed by atoms with E-state index in [9.17, 15) is 4.79 Å². The first kappa shape index (κ1) is 18.9. The number of rotatable bonds is 8. The fraction of sp³-hybridized carbons (Fsp3) is 0.273. The molecule has 3 rings (SSSR count). The van der Waals surface area contributed by atoms with Crippen molar-refractivity contribution in [1.82, 2.24) is 14.9 Å². The van der Waals surface area contributed by atoms with E-state index in [2.05, 4.69) is 58.5 Å². The summed E-state index contributed by atoms with van der Waals surface area (Å²) in [6, 6.07) is 22.3. The van der Waals surface area contributed by atoms with E-state index in [-0.39, 0.29) is 11.6 Å². The van der Waals surface area contributed by atoms with Crippen molar-refractivity contribution in [3.05, 3.63) is 93.9 Å². The number of nitrogens with zero attached hydrogens (tertiary/aromatic N) is 2. The highest BCUT2D eigenvalue weighted by Crippen LogP contribution is 2.09. The molecule has 1 atom stereocenters. The third kappa shape index (κ3) is 5.79. The van der Waals surface area contributed by atoms with Gasteiger partial charge in [-0.1, -0.05) is 60.7 Å². The van der Waals surface area contributed by atoms with Crippen molar-refractivity contribution in [2.45, 2.75) is 18.9 Å². The van der Waals surface area contributed by atoms with Gasteiger partial charge in [0, 0.05) is 30.8 Å². The largest absolute Gasteiger partial charge is 0.354 e. The van der Waals surface area contributed by atoms with Crippen molar-refractivity contribution < 1.29 is 0 Å². The summed E-state index contributed by atoms with van der Waals surface area (Å²) in [6.45, 7) is 0.694. The number of aromatic nitrogens is 2. The van der Waals surface area contributed by atoms with Gasteiger partial charge in [0.15, 0.2) is 0 Å². The summed E-state index contributed by atoms with van der Waals surface area (Å²) in [4.78, 5) is 21.5. The summed E-state index contributed by atoms with van der Waals surface area (Å²) >= 11 is 0. The van der Waals surface area contributed by atoms with Gasteiger partial charge in [-0.15, -0.1) is 0 Å². The Morgan fingerprint density at radius 3 is 2.26 bits per heavy atom. The molecule has 2 aromatic carbocycles. The summed E-state index contributed by atoms with van der Waals surface area (Å²) < 4.78 is 0. The van der Waals surface area contributed by atoms with E-state index in [1.807, 2.05) is 36.4 Å². The Balaban J connectivity index is 1.67. The topological polar surface area (TPSA) is 61.0 Å². The lowest BCUT2D eigenvalue weighted by molar-refractivity contribution is 0.303. The zero-order valence-electron chi connectivity index (χ0n) is 15.9. The predicted octanol–water partition coefficient (Wildman–Crippen LogP) is 2.95. The second-order valence-corrected chi connectivity index (χ2v) is 6.94. The van der Waals surface area contributed by atoms with E-state index >= 15 is 0 Å². The fourth-order valence-electron chi connectivity index (χ4n) is 3.04. The first-order valence-corrected chi connectivity index (χ1v) is 9.18. The highest BCUT2D eigenvalue weighted by Gasteiger charge is 2.13. The average Bonchev–Trinajstić information content (AvgIpc) is 2.66. The number of hydrogen-bond donors (Lipinski definition) is 2. The molecule has 0 radical (unpaired) electrons. The van der Waals surface area contributed by atoms with Crippen LogP contribution in [0, 0.1) is 0 Å².